The number of aliphatic hydroxyl groups excluding tert-OH is 1. The third-order valence-corrected chi connectivity index (χ3v) is 3.31. The van der Waals surface area contributed by atoms with Crippen LogP contribution in [0.5, 0.6) is 0 Å². The Morgan fingerprint density at radius 2 is 2.35 bits per heavy atom. The predicted molar refractivity (Wildman–Crippen MR) is 61.7 cm³/mol. The van der Waals surface area contributed by atoms with Gasteiger partial charge in [-0.2, -0.15) is 0 Å². The third-order valence-electron chi connectivity index (χ3n) is 3.31. The van der Waals surface area contributed by atoms with Gasteiger partial charge in [0.25, 0.3) is 5.91 Å². The lowest BCUT2D eigenvalue weighted by Gasteiger charge is -2.31. The molecule has 0 spiro atoms. The highest BCUT2D eigenvalue weighted by molar-refractivity contribution is 5.96. The molecule has 2 heterocycles. The highest BCUT2D eigenvalue weighted by atomic mass is 16.5. The first-order chi connectivity index (χ1) is 8.13. The maximum atomic E-state index is 12.3. The lowest BCUT2D eigenvalue weighted by atomic mass is 9.98. The summed E-state index contributed by atoms with van der Waals surface area (Å²) in [6.07, 6.45) is 1.93. The Morgan fingerprint density at radius 1 is 1.59 bits per heavy atom. The van der Waals surface area contributed by atoms with E-state index in [2.05, 4.69) is 5.16 Å². The SMILES string of the molecule is Cc1noc(C)c1C(=O)N1CCC[C@H](CO)C1. The van der Waals surface area contributed by atoms with E-state index in [9.17, 15) is 4.79 Å². The van der Waals surface area contributed by atoms with Crippen molar-refractivity contribution < 1.29 is 14.4 Å². The molecule has 2 rings (SSSR count). The Balaban J connectivity index is 2.15. The minimum Gasteiger partial charge on any atom is -0.396 e. The largest absolute Gasteiger partial charge is 0.396 e. The summed E-state index contributed by atoms with van der Waals surface area (Å²) in [6, 6.07) is 0. The number of hydrogen-bond donors (Lipinski definition) is 1. The quantitative estimate of drug-likeness (QED) is 0.839. The van der Waals surface area contributed by atoms with Crippen LogP contribution in [0.2, 0.25) is 0 Å². The van der Waals surface area contributed by atoms with Gasteiger partial charge in [0.1, 0.15) is 11.3 Å². The van der Waals surface area contributed by atoms with Crippen molar-refractivity contribution in [2.24, 2.45) is 5.92 Å². The van der Waals surface area contributed by atoms with Gasteiger partial charge in [-0.1, -0.05) is 5.16 Å². The molecule has 1 aromatic heterocycles. The predicted octanol–water partition coefficient (Wildman–Crippen LogP) is 1.14. The van der Waals surface area contributed by atoms with Crippen LogP contribution < -0.4 is 0 Å². The van der Waals surface area contributed by atoms with Crippen LogP contribution in [0.3, 0.4) is 0 Å². The molecule has 5 nitrogen and oxygen atoms in total. The van der Waals surface area contributed by atoms with E-state index in [0.717, 1.165) is 19.4 Å². The van der Waals surface area contributed by atoms with Crippen molar-refractivity contribution in [1.29, 1.82) is 0 Å². The van der Waals surface area contributed by atoms with E-state index in [1.807, 2.05) is 0 Å². The fourth-order valence-corrected chi connectivity index (χ4v) is 2.34. The summed E-state index contributed by atoms with van der Waals surface area (Å²) in [5.74, 6) is 0.742. The fraction of sp³-hybridized carbons (Fsp3) is 0.667. The van der Waals surface area contributed by atoms with Gasteiger partial charge in [-0.05, 0) is 32.6 Å². The van der Waals surface area contributed by atoms with Crippen molar-refractivity contribution >= 4 is 5.91 Å². The van der Waals surface area contributed by atoms with Crippen LogP contribution >= 0.6 is 0 Å². The second-order valence-corrected chi connectivity index (χ2v) is 4.64. The first-order valence-electron chi connectivity index (χ1n) is 5.96. The van der Waals surface area contributed by atoms with Crippen LogP contribution in [0.1, 0.15) is 34.7 Å². The Bertz CT molecular complexity index is 394. The number of amides is 1. The lowest BCUT2D eigenvalue weighted by molar-refractivity contribution is 0.0618. The maximum Gasteiger partial charge on any atom is 0.259 e. The molecular formula is C12H18N2O3. The molecule has 17 heavy (non-hydrogen) atoms. The number of aromatic nitrogens is 1. The molecule has 1 saturated heterocycles. The summed E-state index contributed by atoms with van der Waals surface area (Å²) in [7, 11) is 0. The van der Waals surface area contributed by atoms with Gasteiger partial charge in [0.15, 0.2) is 0 Å². The van der Waals surface area contributed by atoms with E-state index in [-0.39, 0.29) is 18.4 Å². The molecule has 1 aliphatic rings. The zero-order valence-electron chi connectivity index (χ0n) is 10.3. The number of likely N-dealkylation sites (tertiary alicyclic amines) is 1. The summed E-state index contributed by atoms with van der Waals surface area (Å²) in [5, 5.41) is 13.0. The van der Waals surface area contributed by atoms with Gasteiger partial charge in [0.05, 0.1) is 5.69 Å². The van der Waals surface area contributed by atoms with Crippen LogP contribution in [0.25, 0.3) is 0 Å². The Kier molecular flexibility index (Phi) is 3.47. The number of hydrogen-bond acceptors (Lipinski definition) is 4. The summed E-state index contributed by atoms with van der Waals surface area (Å²) in [6.45, 7) is 5.04. The molecular weight excluding hydrogens is 220 g/mol. The number of aliphatic hydroxyl groups is 1. The second kappa shape index (κ2) is 4.87. The van der Waals surface area contributed by atoms with Crippen molar-refractivity contribution in [3.63, 3.8) is 0 Å². The standard InChI is InChI=1S/C12H18N2O3/c1-8-11(9(2)17-13-8)12(16)14-5-3-4-10(6-14)7-15/h10,15H,3-7H2,1-2H3/t10-/m0/s1. The van der Waals surface area contributed by atoms with Crippen LogP contribution in [0.15, 0.2) is 4.52 Å². The molecule has 1 atom stereocenters. The zero-order valence-corrected chi connectivity index (χ0v) is 10.3. The first kappa shape index (κ1) is 12.1. The van der Waals surface area contributed by atoms with E-state index in [0.29, 0.717) is 23.6 Å². The summed E-state index contributed by atoms with van der Waals surface area (Å²) in [5.41, 5.74) is 1.21. The van der Waals surface area contributed by atoms with E-state index >= 15 is 0 Å². The summed E-state index contributed by atoms with van der Waals surface area (Å²) in [4.78, 5) is 14.1. The maximum absolute atomic E-state index is 12.3. The first-order valence-corrected chi connectivity index (χ1v) is 5.96. The van der Waals surface area contributed by atoms with Crippen molar-refractivity contribution in [3.8, 4) is 0 Å². The minimum absolute atomic E-state index is 0.0283. The summed E-state index contributed by atoms with van der Waals surface area (Å²) >= 11 is 0. The molecule has 1 aromatic rings. The number of carbonyl (C=O) groups is 1. The molecule has 0 aliphatic carbocycles. The average molecular weight is 238 g/mol. The molecule has 5 heteroatoms. The van der Waals surface area contributed by atoms with Crippen LogP contribution in [-0.2, 0) is 0 Å². The average Bonchev–Trinajstić information content (AvgIpc) is 2.68. The topological polar surface area (TPSA) is 66.6 Å². The second-order valence-electron chi connectivity index (χ2n) is 4.64. The van der Waals surface area contributed by atoms with Gasteiger partial charge < -0.3 is 14.5 Å². The normalized spacial score (nSPS) is 20.6. The summed E-state index contributed by atoms with van der Waals surface area (Å²) < 4.78 is 5.01. The highest BCUT2D eigenvalue weighted by Crippen LogP contribution is 2.21. The number of carbonyl (C=O) groups excluding carboxylic acids is 1. The van der Waals surface area contributed by atoms with Crippen LogP contribution in [0, 0.1) is 19.8 Å². The van der Waals surface area contributed by atoms with E-state index < -0.39 is 0 Å². The Labute approximate surface area is 100 Å². The molecule has 0 saturated carbocycles. The number of rotatable bonds is 2. The van der Waals surface area contributed by atoms with Crippen LogP contribution in [0.4, 0.5) is 0 Å². The third kappa shape index (κ3) is 2.34. The Hall–Kier alpha value is -1.36. The zero-order chi connectivity index (χ0) is 12.4. The molecule has 0 bridgehead atoms. The molecule has 1 fully saturated rings. The van der Waals surface area contributed by atoms with E-state index in [1.54, 1.807) is 18.7 Å². The fourth-order valence-electron chi connectivity index (χ4n) is 2.34. The van der Waals surface area contributed by atoms with Gasteiger partial charge >= 0.3 is 0 Å². The number of aryl methyl sites for hydroxylation is 2. The molecule has 0 radical (unpaired) electrons. The number of piperidine rings is 1. The Morgan fingerprint density at radius 3 is 2.94 bits per heavy atom. The van der Waals surface area contributed by atoms with Gasteiger partial charge in [0, 0.05) is 19.7 Å². The molecule has 94 valence electrons. The van der Waals surface area contributed by atoms with E-state index in [4.69, 9.17) is 9.63 Å². The van der Waals surface area contributed by atoms with Crippen molar-refractivity contribution in [3.05, 3.63) is 17.0 Å². The van der Waals surface area contributed by atoms with Gasteiger partial charge in [-0.3, -0.25) is 4.79 Å². The van der Waals surface area contributed by atoms with Crippen molar-refractivity contribution in [2.45, 2.75) is 26.7 Å². The molecule has 1 N–H and O–H groups in total. The van der Waals surface area contributed by atoms with Gasteiger partial charge in [-0.25, -0.2) is 0 Å². The van der Waals surface area contributed by atoms with Gasteiger partial charge in [-0.15, -0.1) is 0 Å². The van der Waals surface area contributed by atoms with Gasteiger partial charge in [0.2, 0.25) is 0 Å². The highest BCUT2D eigenvalue weighted by Gasteiger charge is 2.27. The van der Waals surface area contributed by atoms with Crippen LogP contribution in [-0.4, -0.2) is 40.8 Å². The minimum atomic E-state index is -0.0283. The van der Waals surface area contributed by atoms with E-state index in [1.165, 1.54) is 0 Å². The molecule has 0 aromatic carbocycles. The number of nitrogens with zero attached hydrogens (tertiary/aromatic N) is 2. The van der Waals surface area contributed by atoms with Crippen molar-refractivity contribution in [1.82, 2.24) is 10.1 Å². The lowest BCUT2D eigenvalue weighted by Crippen LogP contribution is -2.41. The smallest absolute Gasteiger partial charge is 0.259 e. The molecule has 1 aliphatic heterocycles. The molecule has 0 unspecified atom stereocenters. The monoisotopic (exact) mass is 238 g/mol. The van der Waals surface area contributed by atoms with Crippen molar-refractivity contribution in [2.75, 3.05) is 19.7 Å². The molecule has 1 amide bonds.